The fourth-order valence-corrected chi connectivity index (χ4v) is 4.92. The molecule has 1 aliphatic rings. The normalized spacial score (nSPS) is 17.7. The van der Waals surface area contributed by atoms with Crippen molar-refractivity contribution >= 4 is 10.9 Å². The lowest BCUT2D eigenvalue weighted by molar-refractivity contribution is 0.141. The molecule has 1 saturated heterocycles. The van der Waals surface area contributed by atoms with Crippen molar-refractivity contribution in [1.29, 1.82) is 0 Å². The van der Waals surface area contributed by atoms with E-state index in [-0.39, 0.29) is 11.6 Å². The molecule has 0 spiro atoms. The third kappa shape index (κ3) is 4.46. The topological polar surface area (TPSA) is 88.9 Å². The molecule has 5 rings (SSSR count). The number of hydrogen-bond acceptors (Lipinski definition) is 6. The molecule has 2 aromatic carbocycles. The summed E-state index contributed by atoms with van der Waals surface area (Å²) in [4.78, 5) is 18.8. The summed E-state index contributed by atoms with van der Waals surface area (Å²) in [5, 5.41) is 13.8. The first-order valence-electron chi connectivity index (χ1n) is 11.8. The largest absolute Gasteiger partial charge is 0.497 e. The molecule has 8 heteroatoms. The third-order valence-corrected chi connectivity index (χ3v) is 6.67. The van der Waals surface area contributed by atoms with E-state index < -0.39 is 0 Å². The molecule has 2 aromatic heterocycles. The van der Waals surface area contributed by atoms with Crippen LogP contribution in [0.15, 0.2) is 53.3 Å². The van der Waals surface area contributed by atoms with Crippen LogP contribution >= 0.6 is 0 Å². The second kappa shape index (κ2) is 9.38. The number of pyridine rings is 1. The molecule has 34 heavy (non-hydrogen) atoms. The average molecular weight is 459 g/mol. The van der Waals surface area contributed by atoms with Crippen LogP contribution in [0.5, 0.6) is 5.75 Å². The molecular formula is C26H30N6O2. The highest BCUT2D eigenvalue weighted by atomic mass is 16.5. The maximum absolute atomic E-state index is 13.4. The van der Waals surface area contributed by atoms with Crippen molar-refractivity contribution in [3.8, 4) is 5.75 Å². The molecule has 4 aromatic rings. The van der Waals surface area contributed by atoms with Crippen molar-refractivity contribution in [3.63, 3.8) is 0 Å². The molecule has 0 amide bonds. The Kier molecular flexibility index (Phi) is 6.15. The maximum atomic E-state index is 13.4. The number of rotatable bonds is 6. The van der Waals surface area contributed by atoms with Crippen LogP contribution in [0.4, 0.5) is 0 Å². The van der Waals surface area contributed by atoms with Crippen molar-refractivity contribution in [2.45, 2.75) is 39.3 Å². The molecule has 1 fully saturated rings. The van der Waals surface area contributed by atoms with E-state index >= 15 is 0 Å². The third-order valence-electron chi connectivity index (χ3n) is 6.67. The van der Waals surface area contributed by atoms with Gasteiger partial charge in [0, 0.05) is 17.6 Å². The molecule has 2 atom stereocenters. The van der Waals surface area contributed by atoms with E-state index in [1.54, 1.807) is 7.11 Å². The summed E-state index contributed by atoms with van der Waals surface area (Å²) in [7, 11) is 1.65. The number of nitrogens with zero attached hydrogens (tertiary/aromatic N) is 5. The first kappa shape index (κ1) is 22.3. The van der Waals surface area contributed by atoms with Crippen LogP contribution in [0.2, 0.25) is 0 Å². The molecule has 3 heterocycles. The van der Waals surface area contributed by atoms with E-state index in [1.807, 2.05) is 48.0 Å². The highest BCUT2D eigenvalue weighted by Gasteiger charge is 2.32. The molecule has 1 aliphatic heterocycles. The Bertz CT molecular complexity index is 1340. The van der Waals surface area contributed by atoms with E-state index in [0.717, 1.165) is 47.3 Å². The SMILES string of the molecule is COc1ccc(Cn2nnnc2C(c2cc3ccc(C)cc3[nH]c2=O)N2CCCC(C)C2)cc1. The van der Waals surface area contributed by atoms with Gasteiger partial charge in [0.1, 0.15) is 11.8 Å². The molecule has 0 bridgehead atoms. The van der Waals surface area contributed by atoms with Gasteiger partial charge in [-0.3, -0.25) is 9.69 Å². The lowest BCUT2D eigenvalue weighted by Gasteiger charge is -2.36. The van der Waals surface area contributed by atoms with E-state index in [2.05, 4.69) is 44.5 Å². The van der Waals surface area contributed by atoms with Gasteiger partial charge in [0.2, 0.25) is 0 Å². The zero-order valence-corrected chi connectivity index (χ0v) is 19.9. The van der Waals surface area contributed by atoms with Crippen LogP contribution < -0.4 is 10.3 Å². The first-order valence-corrected chi connectivity index (χ1v) is 11.8. The van der Waals surface area contributed by atoms with Gasteiger partial charge in [0.05, 0.1) is 13.7 Å². The molecule has 1 N–H and O–H groups in total. The molecule has 8 nitrogen and oxygen atoms in total. The zero-order chi connectivity index (χ0) is 23.7. The number of tetrazole rings is 1. The predicted molar refractivity (Wildman–Crippen MR) is 131 cm³/mol. The minimum atomic E-state index is -0.328. The minimum Gasteiger partial charge on any atom is -0.497 e. The van der Waals surface area contributed by atoms with Gasteiger partial charge in [-0.25, -0.2) is 4.68 Å². The number of aromatic amines is 1. The van der Waals surface area contributed by atoms with Crippen LogP contribution in [0, 0.1) is 12.8 Å². The summed E-state index contributed by atoms with van der Waals surface area (Å²) >= 11 is 0. The predicted octanol–water partition coefficient (Wildman–Crippen LogP) is 3.70. The van der Waals surface area contributed by atoms with Gasteiger partial charge in [-0.15, -0.1) is 5.10 Å². The van der Waals surface area contributed by atoms with Crippen LogP contribution in [0.3, 0.4) is 0 Å². The van der Waals surface area contributed by atoms with E-state index in [9.17, 15) is 4.79 Å². The summed E-state index contributed by atoms with van der Waals surface area (Å²) in [6.07, 6.45) is 2.27. The summed E-state index contributed by atoms with van der Waals surface area (Å²) in [6, 6.07) is 15.7. The van der Waals surface area contributed by atoms with Gasteiger partial charge < -0.3 is 9.72 Å². The van der Waals surface area contributed by atoms with Gasteiger partial charge in [0.25, 0.3) is 5.56 Å². The maximum Gasteiger partial charge on any atom is 0.253 e. The van der Waals surface area contributed by atoms with Crippen molar-refractivity contribution in [1.82, 2.24) is 30.1 Å². The number of aryl methyl sites for hydroxylation is 1. The highest BCUT2D eigenvalue weighted by molar-refractivity contribution is 5.79. The number of piperidine rings is 1. The van der Waals surface area contributed by atoms with Gasteiger partial charge >= 0.3 is 0 Å². The van der Waals surface area contributed by atoms with Crippen molar-refractivity contribution in [3.05, 3.63) is 81.4 Å². The number of aromatic nitrogens is 5. The summed E-state index contributed by atoms with van der Waals surface area (Å²) in [5.74, 6) is 2.03. The average Bonchev–Trinajstić information content (AvgIpc) is 3.28. The molecule has 0 aliphatic carbocycles. The Morgan fingerprint density at radius 2 is 2.00 bits per heavy atom. The highest BCUT2D eigenvalue weighted by Crippen LogP contribution is 2.31. The number of fused-ring (bicyclic) bond motifs is 1. The number of H-pyrrole nitrogens is 1. The standard InChI is InChI=1S/C26H30N6O2/c1-17-6-9-20-14-22(26(33)27-23(20)13-17)24(31-12-4-5-18(2)15-31)25-28-29-30-32(25)16-19-7-10-21(34-3)11-8-19/h6-11,13-14,18,24H,4-5,12,15-16H2,1-3H3,(H,27,33). The number of benzene rings is 2. The Morgan fingerprint density at radius 1 is 1.18 bits per heavy atom. The second-order valence-electron chi connectivity index (χ2n) is 9.33. The first-order chi connectivity index (χ1) is 16.5. The molecular weight excluding hydrogens is 428 g/mol. The minimum absolute atomic E-state index is 0.0969. The van der Waals surface area contributed by atoms with Crippen molar-refractivity contribution in [2.24, 2.45) is 5.92 Å². The van der Waals surface area contributed by atoms with Crippen LogP contribution in [-0.4, -0.2) is 50.3 Å². The molecule has 0 saturated carbocycles. The van der Waals surface area contributed by atoms with E-state index in [4.69, 9.17) is 4.74 Å². The number of hydrogen-bond donors (Lipinski definition) is 1. The number of nitrogens with one attached hydrogen (secondary N) is 1. The van der Waals surface area contributed by atoms with E-state index in [1.165, 1.54) is 6.42 Å². The van der Waals surface area contributed by atoms with E-state index in [0.29, 0.717) is 23.9 Å². The van der Waals surface area contributed by atoms with Gasteiger partial charge in [-0.05, 0) is 83.4 Å². The Labute approximate surface area is 198 Å². The molecule has 176 valence electrons. The monoisotopic (exact) mass is 458 g/mol. The van der Waals surface area contributed by atoms with Crippen LogP contribution in [-0.2, 0) is 6.54 Å². The second-order valence-corrected chi connectivity index (χ2v) is 9.33. The van der Waals surface area contributed by atoms with Crippen LogP contribution in [0.25, 0.3) is 10.9 Å². The van der Waals surface area contributed by atoms with Crippen LogP contribution in [0.1, 0.15) is 48.3 Å². The smallest absolute Gasteiger partial charge is 0.253 e. The molecule has 2 unspecified atom stereocenters. The number of likely N-dealkylation sites (tertiary alicyclic amines) is 1. The summed E-state index contributed by atoms with van der Waals surface area (Å²) < 4.78 is 7.09. The zero-order valence-electron chi connectivity index (χ0n) is 19.9. The van der Waals surface area contributed by atoms with Gasteiger partial charge in [-0.2, -0.15) is 0 Å². The Morgan fingerprint density at radius 3 is 2.76 bits per heavy atom. The fourth-order valence-electron chi connectivity index (χ4n) is 4.92. The summed E-state index contributed by atoms with van der Waals surface area (Å²) in [5.41, 5.74) is 3.60. The number of methoxy groups -OCH3 is 1. The van der Waals surface area contributed by atoms with Gasteiger partial charge in [0.15, 0.2) is 5.82 Å². The Hall–Kier alpha value is -3.52. The fraction of sp³-hybridized carbons (Fsp3) is 0.385. The quantitative estimate of drug-likeness (QED) is 0.474. The summed E-state index contributed by atoms with van der Waals surface area (Å²) in [6.45, 7) is 6.59. The van der Waals surface area contributed by atoms with Crippen molar-refractivity contribution in [2.75, 3.05) is 20.2 Å². The molecule has 0 radical (unpaired) electrons. The lowest BCUT2D eigenvalue weighted by Crippen LogP contribution is -2.41. The van der Waals surface area contributed by atoms with Gasteiger partial charge in [-0.1, -0.05) is 31.2 Å². The Balaban J connectivity index is 1.59. The van der Waals surface area contributed by atoms with Crippen molar-refractivity contribution < 1.29 is 4.74 Å². The lowest BCUT2D eigenvalue weighted by atomic mass is 9.95. The number of ether oxygens (including phenoxy) is 1.